The zero-order chi connectivity index (χ0) is 22.7. The van der Waals surface area contributed by atoms with E-state index in [-0.39, 0.29) is 29.4 Å². The number of amides is 1. The molecule has 3 heterocycles. The van der Waals surface area contributed by atoms with Crippen LogP contribution in [0.4, 0.5) is 8.78 Å². The molecule has 2 aliphatic carbocycles. The first kappa shape index (κ1) is 22.8. The van der Waals surface area contributed by atoms with Crippen molar-refractivity contribution in [3.63, 3.8) is 0 Å². The molecule has 3 N–H and O–H groups in total. The number of hydrogen-bond donors (Lipinski definition) is 2. The van der Waals surface area contributed by atoms with Crippen LogP contribution in [0.2, 0.25) is 0 Å². The third-order valence-corrected chi connectivity index (χ3v) is 7.48. The summed E-state index contributed by atoms with van der Waals surface area (Å²) in [7, 11) is 0. The van der Waals surface area contributed by atoms with Crippen molar-refractivity contribution in [2.75, 3.05) is 13.2 Å². The van der Waals surface area contributed by atoms with Gasteiger partial charge in [0.2, 0.25) is 5.92 Å². The predicted octanol–water partition coefficient (Wildman–Crippen LogP) is 4.29. The summed E-state index contributed by atoms with van der Waals surface area (Å²) in [6, 6.07) is 2.94. The molecule has 1 saturated heterocycles. The SMILES string of the molecule is FC1(F)CCC(C2CCC(C3COC3)CC2)CC1.NC(=O)c1nccc2[nH]ccc(=O)c12. The first-order valence-corrected chi connectivity index (χ1v) is 11.6. The summed E-state index contributed by atoms with van der Waals surface area (Å²) in [5.74, 6) is -0.0766. The van der Waals surface area contributed by atoms with Crippen LogP contribution < -0.4 is 11.2 Å². The summed E-state index contributed by atoms with van der Waals surface area (Å²) in [6.07, 6.45) is 9.89. The van der Waals surface area contributed by atoms with Crippen molar-refractivity contribution in [2.45, 2.75) is 57.3 Å². The molecule has 0 aromatic carbocycles. The molecule has 2 aromatic rings. The maximum absolute atomic E-state index is 13.2. The summed E-state index contributed by atoms with van der Waals surface area (Å²) in [6.45, 7) is 1.93. The lowest BCUT2D eigenvalue weighted by Gasteiger charge is -2.41. The van der Waals surface area contributed by atoms with Gasteiger partial charge in [0.15, 0.2) is 5.43 Å². The number of aromatic nitrogens is 2. The second-order valence-electron chi connectivity index (χ2n) is 9.45. The van der Waals surface area contributed by atoms with E-state index in [1.54, 1.807) is 6.07 Å². The van der Waals surface area contributed by atoms with E-state index in [4.69, 9.17) is 10.5 Å². The fraction of sp³-hybridized carbons (Fsp3) is 0.625. The molecule has 5 rings (SSSR count). The van der Waals surface area contributed by atoms with Crippen molar-refractivity contribution >= 4 is 16.8 Å². The van der Waals surface area contributed by atoms with Gasteiger partial charge in [-0.2, -0.15) is 0 Å². The van der Waals surface area contributed by atoms with Gasteiger partial charge in [-0.3, -0.25) is 14.6 Å². The molecule has 32 heavy (non-hydrogen) atoms. The maximum Gasteiger partial charge on any atom is 0.268 e. The zero-order valence-electron chi connectivity index (χ0n) is 18.2. The highest BCUT2D eigenvalue weighted by Gasteiger charge is 2.39. The smallest absolute Gasteiger partial charge is 0.268 e. The number of halogens is 2. The standard InChI is InChI=1S/C15H24F2O.C9H7N3O2/c16-15(17)7-5-13(6-8-15)11-1-3-12(4-2-11)14-9-18-10-14;10-9(14)8-7-5(1-3-12-8)11-4-2-6(7)13/h11-14H,1-10H2;1-4H,(H2,10,14)(H,11,13). The number of primary amides is 1. The Balaban J connectivity index is 0.000000158. The van der Waals surface area contributed by atoms with Gasteiger partial charge in [0.1, 0.15) is 5.69 Å². The molecule has 1 aliphatic heterocycles. The average Bonchev–Trinajstić information content (AvgIpc) is 2.73. The number of nitrogens with one attached hydrogen (secondary N) is 1. The van der Waals surface area contributed by atoms with Crippen molar-refractivity contribution in [2.24, 2.45) is 29.4 Å². The van der Waals surface area contributed by atoms with E-state index in [0.29, 0.717) is 11.4 Å². The summed E-state index contributed by atoms with van der Waals surface area (Å²) >= 11 is 0. The normalized spacial score (nSPS) is 26.1. The topological polar surface area (TPSA) is 98.1 Å². The molecule has 2 aromatic heterocycles. The van der Waals surface area contributed by atoms with Crippen LogP contribution in [0.25, 0.3) is 10.9 Å². The van der Waals surface area contributed by atoms with Gasteiger partial charge < -0.3 is 15.5 Å². The lowest BCUT2D eigenvalue weighted by Crippen LogP contribution is -2.37. The Kier molecular flexibility index (Phi) is 6.88. The van der Waals surface area contributed by atoms with Gasteiger partial charge in [0, 0.05) is 37.2 Å². The molecule has 0 atom stereocenters. The molecule has 174 valence electrons. The van der Waals surface area contributed by atoms with Gasteiger partial charge >= 0.3 is 0 Å². The monoisotopic (exact) mass is 447 g/mol. The van der Waals surface area contributed by atoms with Gasteiger partial charge in [-0.25, -0.2) is 8.78 Å². The van der Waals surface area contributed by atoms with Crippen LogP contribution in [-0.2, 0) is 4.74 Å². The summed E-state index contributed by atoms with van der Waals surface area (Å²) in [4.78, 5) is 29.0. The molecule has 3 fully saturated rings. The number of nitrogens with zero attached hydrogens (tertiary/aromatic N) is 1. The van der Waals surface area contributed by atoms with E-state index >= 15 is 0 Å². The molecule has 0 bridgehead atoms. The van der Waals surface area contributed by atoms with E-state index in [9.17, 15) is 18.4 Å². The number of carbonyl (C=O) groups excluding carboxylic acids is 1. The van der Waals surface area contributed by atoms with Gasteiger partial charge in [-0.05, 0) is 62.3 Å². The van der Waals surface area contributed by atoms with Crippen LogP contribution in [0.5, 0.6) is 0 Å². The number of carbonyl (C=O) groups is 1. The van der Waals surface area contributed by atoms with Crippen LogP contribution in [0, 0.1) is 23.7 Å². The number of ether oxygens (including phenoxy) is 1. The highest BCUT2D eigenvalue weighted by molar-refractivity contribution is 6.03. The van der Waals surface area contributed by atoms with Crippen LogP contribution in [0.3, 0.4) is 0 Å². The lowest BCUT2D eigenvalue weighted by atomic mass is 9.68. The Morgan fingerprint density at radius 2 is 1.59 bits per heavy atom. The van der Waals surface area contributed by atoms with E-state index in [1.807, 2.05) is 0 Å². The lowest BCUT2D eigenvalue weighted by molar-refractivity contribution is -0.0777. The second-order valence-corrected chi connectivity index (χ2v) is 9.45. The number of fused-ring (bicyclic) bond motifs is 1. The average molecular weight is 448 g/mol. The highest BCUT2D eigenvalue weighted by Crippen LogP contribution is 2.45. The van der Waals surface area contributed by atoms with Crippen molar-refractivity contribution in [3.05, 3.63) is 40.4 Å². The molecule has 0 spiro atoms. The Morgan fingerprint density at radius 3 is 2.16 bits per heavy atom. The minimum absolute atomic E-state index is 0.00403. The van der Waals surface area contributed by atoms with Gasteiger partial charge in [-0.1, -0.05) is 0 Å². The van der Waals surface area contributed by atoms with Crippen molar-refractivity contribution < 1.29 is 18.3 Å². The largest absolute Gasteiger partial charge is 0.381 e. The Bertz CT molecular complexity index is 982. The fourth-order valence-corrected chi connectivity index (χ4v) is 5.46. The minimum Gasteiger partial charge on any atom is -0.381 e. The van der Waals surface area contributed by atoms with Crippen LogP contribution >= 0.6 is 0 Å². The third kappa shape index (κ3) is 5.17. The van der Waals surface area contributed by atoms with Crippen molar-refractivity contribution in [1.82, 2.24) is 9.97 Å². The van der Waals surface area contributed by atoms with Gasteiger partial charge in [0.05, 0.1) is 24.1 Å². The molecule has 0 unspecified atom stereocenters. The number of rotatable bonds is 3. The first-order valence-electron chi connectivity index (χ1n) is 11.6. The Hall–Kier alpha value is -2.35. The van der Waals surface area contributed by atoms with E-state index in [0.717, 1.165) is 43.8 Å². The first-order chi connectivity index (χ1) is 15.3. The summed E-state index contributed by atoms with van der Waals surface area (Å²) in [5.41, 5.74) is 5.39. The van der Waals surface area contributed by atoms with Crippen molar-refractivity contribution in [3.8, 4) is 0 Å². The summed E-state index contributed by atoms with van der Waals surface area (Å²) < 4.78 is 31.6. The number of hydrogen-bond acceptors (Lipinski definition) is 4. The van der Waals surface area contributed by atoms with Gasteiger partial charge in [-0.15, -0.1) is 0 Å². The fourth-order valence-electron chi connectivity index (χ4n) is 5.46. The van der Waals surface area contributed by atoms with E-state index in [1.165, 1.54) is 44.1 Å². The summed E-state index contributed by atoms with van der Waals surface area (Å²) in [5, 5.41) is 0.238. The second kappa shape index (κ2) is 9.65. The molecule has 2 saturated carbocycles. The molecular formula is C24H31F2N3O3. The van der Waals surface area contributed by atoms with E-state index < -0.39 is 11.8 Å². The zero-order valence-corrected chi connectivity index (χ0v) is 18.2. The molecule has 3 aliphatic rings. The maximum atomic E-state index is 13.2. The number of alkyl halides is 2. The molecule has 1 amide bonds. The molecule has 0 radical (unpaired) electrons. The van der Waals surface area contributed by atoms with Crippen LogP contribution in [0.15, 0.2) is 29.3 Å². The third-order valence-electron chi connectivity index (χ3n) is 7.48. The number of aromatic amines is 1. The quantitative estimate of drug-likeness (QED) is 0.733. The number of pyridine rings is 2. The molecular weight excluding hydrogens is 416 g/mol. The van der Waals surface area contributed by atoms with E-state index in [2.05, 4.69) is 9.97 Å². The highest BCUT2D eigenvalue weighted by atomic mass is 19.3. The van der Waals surface area contributed by atoms with Crippen molar-refractivity contribution in [1.29, 1.82) is 0 Å². The van der Waals surface area contributed by atoms with Gasteiger partial charge in [0.25, 0.3) is 5.91 Å². The van der Waals surface area contributed by atoms with Crippen LogP contribution in [0.1, 0.15) is 61.9 Å². The molecule has 8 heteroatoms. The Morgan fingerprint density at radius 1 is 1.00 bits per heavy atom. The van der Waals surface area contributed by atoms with Crippen LogP contribution in [-0.4, -0.2) is 35.0 Å². The number of H-pyrrole nitrogens is 1. The molecule has 6 nitrogen and oxygen atoms in total. The number of nitrogens with two attached hydrogens (primary N) is 1. The Labute approximate surface area is 185 Å². The predicted molar refractivity (Wildman–Crippen MR) is 118 cm³/mol. The minimum atomic E-state index is -2.36.